The van der Waals surface area contributed by atoms with Crippen LogP contribution in [-0.4, -0.2) is 73.5 Å². The van der Waals surface area contributed by atoms with E-state index in [0.29, 0.717) is 0 Å². The van der Waals surface area contributed by atoms with Gasteiger partial charge in [-0.1, -0.05) is 24.3 Å². The molecule has 4 nitrogen and oxygen atoms in total. The van der Waals surface area contributed by atoms with Gasteiger partial charge in [-0.15, -0.1) is 0 Å². The molecule has 19 heavy (non-hydrogen) atoms. The molecule has 0 unspecified atom stereocenters. The maximum absolute atomic E-state index is 12.3. The summed E-state index contributed by atoms with van der Waals surface area (Å²) in [5, 5.41) is 0. The van der Waals surface area contributed by atoms with Gasteiger partial charge in [-0.2, -0.15) is 0 Å². The predicted octanol–water partition coefficient (Wildman–Crippen LogP) is 1.21. The van der Waals surface area contributed by atoms with Crippen LogP contribution in [0.2, 0.25) is 0 Å². The summed E-state index contributed by atoms with van der Waals surface area (Å²) < 4.78 is 0. The minimum Gasteiger partial charge on any atom is -0.347 e. The maximum Gasteiger partial charge on any atom is 0.240 e. The van der Waals surface area contributed by atoms with E-state index in [2.05, 4.69) is 23.0 Å². The van der Waals surface area contributed by atoms with E-state index in [0.717, 1.165) is 43.9 Å². The van der Waals surface area contributed by atoms with Gasteiger partial charge in [0.25, 0.3) is 0 Å². The van der Waals surface area contributed by atoms with Gasteiger partial charge in [0.15, 0.2) is 0 Å². The Hall–Kier alpha value is -1.13. The van der Waals surface area contributed by atoms with Crippen LogP contribution in [0.4, 0.5) is 0 Å². The number of carbonyl (C=O) groups excluding carboxylic acids is 1. The Labute approximate surface area is 117 Å². The molecule has 0 aliphatic carbocycles. The van der Waals surface area contributed by atoms with E-state index in [-0.39, 0.29) is 11.9 Å². The highest BCUT2D eigenvalue weighted by molar-refractivity contribution is 5.81. The minimum absolute atomic E-state index is 0.0696. The number of piperazine rings is 1. The fraction of sp³-hybridized carbons (Fsp3) is 0.667. The van der Waals surface area contributed by atoms with Crippen molar-refractivity contribution in [1.82, 2.24) is 14.7 Å². The average molecular weight is 265 g/mol. The molecule has 0 spiro atoms. The van der Waals surface area contributed by atoms with E-state index in [1.165, 1.54) is 0 Å². The number of hydrogen-bond donors (Lipinski definition) is 0. The summed E-state index contributed by atoms with van der Waals surface area (Å²) in [5.74, 6) is 0.174. The minimum atomic E-state index is -0.0696. The van der Waals surface area contributed by atoms with Crippen molar-refractivity contribution in [1.29, 1.82) is 0 Å². The molecule has 4 heteroatoms. The Balaban J connectivity index is 2.76. The first-order chi connectivity index (χ1) is 8.81. The van der Waals surface area contributed by atoms with Gasteiger partial charge in [-0.05, 0) is 13.8 Å². The fourth-order valence-corrected chi connectivity index (χ4v) is 2.47. The summed E-state index contributed by atoms with van der Waals surface area (Å²) in [6.07, 6.45) is 0. The maximum atomic E-state index is 12.3. The number of rotatable bonds is 5. The van der Waals surface area contributed by atoms with Crippen LogP contribution < -0.4 is 0 Å². The molecule has 0 aromatic carbocycles. The summed E-state index contributed by atoms with van der Waals surface area (Å²) in [7, 11) is 3.64. The zero-order valence-corrected chi connectivity index (χ0v) is 12.8. The molecule has 1 aliphatic heterocycles. The third-order valence-electron chi connectivity index (χ3n) is 3.27. The lowest BCUT2D eigenvalue weighted by Crippen LogP contribution is -2.59. The Morgan fingerprint density at radius 2 is 1.74 bits per heavy atom. The van der Waals surface area contributed by atoms with E-state index in [1.807, 2.05) is 27.9 Å². The van der Waals surface area contributed by atoms with E-state index < -0.39 is 0 Å². The zero-order valence-electron chi connectivity index (χ0n) is 12.8. The second-order valence-corrected chi connectivity index (χ2v) is 5.87. The molecule has 1 aliphatic rings. The Morgan fingerprint density at radius 3 is 2.21 bits per heavy atom. The van der Waals surface area contributed by atoms with Crippen molar-refractivity contribution >= 4 is 5.91 Å². The van der Waals surface area contributed by atoms with Crippen LogP contribution in [-0.2, 0) is 4.79 Å². The summed E-state index contributed by atoms with van der Waals surface area (Å²) in [5.41, 5.74) is 2.24. The van der Waals surface area contributed by atoms with Crippen LogP contribution in [0.3, 0.4) is 0 Å². The molecule has 1 rings (SSSR count). The molecular weight excluding hydrogens is 238 g/mol. The lowest BCUT2D eigenvalue weighted by atomic mass is 10.1. The van der Waals surface area contributed by atoms with E-state index >= 15 is 0 Å². The first-order valence-corrected chi connectivity index (χ1v) is 6.77. The van der Waals surface area contributed by atoms with Crippen molar-refractivity contribution in [2.24, 2.45) is 0 Å². The second-order valence-electron chi connectivity index (χ2n) is 5.87. The molecule has 0 aromatic rings. The number of carbonyl (C=O) groups is 1. The molecule has 1 heterocycles. The summed E-state index contributed by atoms with van der Waals surface area (Å²) >= 11 is 0. The normalized spacial score (nSPS) is 21.2. The van der Waals surface area contributed by atoms with Crippen molar-refractivity contribution < 1.29 is 4.79 Å². The molecule has 1 amide bonds. The van der Waals surface area contributed by atoms with Crippen molar-refractivity contribution in [3.05, 3.63) is 24.3 Å². The topological polar surface area (TPSA) is 26.8 Å². The highest BCUT2D eigenvalue weighted by Crippen LogP contribution is 2.14. The monoisotopic (exact) mass is 265 g/mol. The molecule has 1 fully saturated rings. The van der Waals surface area contributed by atoms with Gasteiger partial charge in [0.2, 0.25) is 5.91 Å². The lowest BCUT2D eigenvalue weighted by molar-refractivity contribution is -0.136. The van der Waals surface area contributed by atoms with E-state index in [1.54, 1.807) is 4.90 Å². The first kappa shape index (κ1) is 15.9. The van der Waals surface area contributed by atoms with Crippen molar-refractivity contribution in [2.75, 3.05) is 46.8 Å². The van der Waals surface area contributed by atoms with Crippen LogP contribution >= 0.6 is 0 Å². The average Bonchev–Trinajstić information content (AvgIpc) is 2.28. The van der Waals surface area contributed by atoms with Crippen molar-refractivity contribution in [3.63, 3.8) is 0 Å². The molecular formula is C15H27N3O. The van der Waals surface area contributed by atoms with Crippen LogP contribution in [0.5, 0.6) is 0 Å². The van der Waals surface area contributed by atoms with Gasteiger partial charge >= 0.3 is 0 Å². The molecule has 0 bridgehead atoms. The van der Waals surface area contributed by atoms with Crippen LogP contribution in [0.25, 0.3) is 0 Å². The quantitative estimate of drug-likeness (QED) is 0.699. The Morgan fingerprint density at radius 1 is 1.16 bits per heavy atom. The highest BCUT2D eigenvalue weighted by Gasteiger charge is 2.32. The van der Waals surface area contributed by atoms with Gasteiger partial charge in [0.1, 0.15) is 6.04 Å². The van der Waals surface area contributed by atoms with Crippen LogP contribution in [0.15, 0.2) is 24.3 Å². The number of amides is 1. The largest absolute Gasteiger partial charge is 0.347 e. The van der Waals surface area contributed by atoms with E-state index in [9.17, 15) is 4.79 Å². The lowest BCUT2D eigenvalue weighted by Gasteiger charge is -2.41. The van der Waals surface area contributed by atoms with Gasteiger partial charge in [0, 0.05) is 46.8 Å². The smallest absolute Gasteiger partial charge is 0.240 e. The number of hydrogen-bond acceptors (Lipinski definition) is 3. The third-order valence-corrected chi connectivity index (χ3v) is 3.27. The number of likely N-dealkylation sites (N-methyl/N-ethyl adjacent to an activating group) is 1. The Kier molecular flexibility index (Phi) is 5.76. The van der Waals surface area contributed by atoms with E-state index in [4.69, 9.17) is 0 Å². The molecule has 0 saturated carbocycles. The first-order valence-electron chi connectivity index (χ1n) is 6.77. The molecule has 0 aromatic heterocycles. The van der Waals surface area contributed by atoms with Gasteiger partial charge in [0.05, 0.1) is 0 Å². The molecule has 1 atom stereocenters. The van der Waals surface area contributed by atoms with Gasteiger partial charge in [-0.3, -0.25) is 14.6 Å². The van der Waals surface area contributed by atoms with Crippen LogP contribution in [0.1, 0.15) is 13.8 Å². The van der Waals surface area contributed by atoms with Gasteiger partial charge < -0.3 is 4.90 Å². The van der Waals surface area contributed by atoms with Crippen LogP contribution in [0, 0.1) is 0 Å². The summed E-state index contributed by atoms with van der Waals surface area (Å²) in [4.78, 5) is 18.6. The molecule has 108 valence electrons. The van der Waals surface area contributed by atoms with Gasteiger partial charge in [-0.25, -0.2) is 0 Å². The standard InChI is InChI=1S/C15H27N3O/c1-12(2)9-17-7-8-18(10-13(3)4)14(11-17)15(19)16(5)6/h14H,1,3,7-11H2,2,4-6H3/t14-/m1/s1. The predicted molar refractivity (Wildman–Crippen MR) is 80.1 cm³/mol. The third kappa shape index (κ3) is 4.80. The molecule has 0 N–H and O–H groups in total. The molecule has 0 radical (unpaired) electrons. The number of nitrogens with zero attached hydrogens (tertiary/aromatic N) is 3. The van der Waals surface area contributed by atoms with Crippen molar-refractivity contribution in [3.8, 4) is 0 Å². The zero-order chi connectivity index (χ0) is 14.6. The Bertz CT molecular complexity index is 362. The summed E-state index contributed by atoms with van der Waals surface area (Å²) in [6.45, 7) is 16.3. The van der Waals surface area contributed by atoms with Crippen molar-refractivity contribution in [2.45, 2.75) is 19.9 Å². The highest BCUT2D eigenvalue weighted by atomic mass is 16.2. The SMILES string of the molecule is C=C(C)CN1CCN(CC(=C)C)[C@@H](C(=O)N(C)C)C1. The fourth-order valence-electron chi connectivity index (χ4n) is 2.47. The summed E-state index contributed by atoms with van der Waals surface area (Å²) in [6, 6.07) is -0.0696. The molecule has 1 saturated heterocycles. The second kappa shape index (κ2) is 6.87.